The molecule has 1 aromatic heterocycles. The Kier molecular flexibility index (Phi) is 4.96. The molecule has 0 N–H and O–H groups in total. The highest BCUT2D eigenvalue weighted by molar-refractivity contribution is 9.10. The van der Waals surface area contributed by atoms with Gasteiger partial charge in [0.25, 0.3) is 0 Å². The largest absolute Gasteiger partial charge is 0.464 e. The number of carbonyl (C=O) groups is 1. The lowest BCUT2D eigenvalue weighted by Crippen LogP contribution is -2.06. The molecule has 7 heteroatoms. The molecule has 2 rings (SSSR count). The molecule has 112 valence electrons. The zero-order valence-corrected chi connectivity index (χ0v) is 14.8. The Morgan fingerprint density at radius 3 is 2.52 bits per heavy atom. The number of aromatic nitrogens is 2. The molecule has 0 aliphatic carbocycles. The van der Waals surface area contributed by atoms with Crippen molar-refractivity contribution in [3.05, 3.63) is 44.1 Å². The number of ether oxygens (including phenoxy) is 1. The molecule has 0 saturated carbocycles. The van der Waals surface area contributed by atoms with E-state index in [0.29, 0.717) is 14.5 Å². The molecule has 2 aromatic rings. The van der Waals surface area contributed by atoms with Crippen molar-refractivity contribution in [2.45, 2.75) is 19.8 Å². The predicted molar refractivity (Wildman–Crippen MR) is 86.7 cm³/mol. The van der Waals surface area contributed by atoms with Gasteiger partial charge in [-0.25, -0.2) is 9.48 Å². The number of benzene rings is 1. The van der Waals surface area contributed by atoms with Crippen LogP contribution in [0.25, 0.3) is 5.69 Å². The summed E-state index contributed by atoms with van der Waals surface area (Å²) in [6.07, 6.45) is 0. The number of hydrogen-bond donors (Lipinski definition) is 0. The van der Waals surface area contributed by atoms with Gasteiger partial charge < -0.3 is 4.74 Å². The Morgan fingerprint density at radius 2 is 2.00 bits per heavy atom. The molecular formula is C14H13BrCl2N2O2. The van der Waals surface area contributed by atoms with E-state index in [-0.39, 0.29) is 11.6 Å². The molecule has 0 saturated heterocycles. The van der Waals surface area contributed by atoms with E-state index < -0.39 is 5.97 Å². The molecule has 0 fully saturated rings. The minimum Gasteiger partial charge on any atom is -0.464 e. The van der Waals surface area contributed by atoms with Crippen LogP contribution in [0.2, 0.25) is 10.0 Å². The van der Waals surface area contributed by atoms with Gasteiger partial charge in [-0.2, -0.15) is 5.10 Å². The maximum atomic E-state index is 11.8. The fourth-order valence-corrected chi connectivity index (χ4v) is 3.11. The second-order valence-electron chi connectivity index (χ2n) is 4.70. The zero-order chi connectivity index (χ0) is 15.7. The molecular weight excluding hydrogens is 379 g/mol. The van der Waals surface area contributed by atoms with E-state index in [1.807, 2.05) is 13.8 Å². The molecule has 1 aromatic carbocycles. The highest BCUT2D eigenvalue weighted by atomic mass is 79.9. The first-order valence-corrected chi connectivity index (χ1v) is 7.73. The van der Waals surface area contributed by atoms with Gasteiger partial charge in [0, 0.05) is 0 Å². The maximum absolute atomic E-state index is 11.8. The Labute approximate surface area is 141 Å². The molecule has 21 heavy (non-hydrogen) atoms. The van der Waals surface area contributed by atoms with Crippen LogP contribution in [0, 0.1) is 0 Å². The molecule has 1 heterocycles. The van der Waals surface area contributed by atoms with Crippen molar-refractivity contribution in [3.63, 3.8) is 0 Å². The van der Waals surface area contributed by atoms with Crippen molar-refractivity contribution >= 4 is 45.1 Å². The summed E-state index contributed by atoms with van der Waals surface area (Å²) in [6, 6.07) is 5.19. The van der Waals surface area contributed by atoms with E-state index in [0.717, 1.165) is 11.4 Å². The van der Waals surface area contributed by atoms with Crippen molar-refractivity contribution < 1.29 is 9.53 Å². The molecule has 4 nitrogen and oxygen atoms in total. The molecule has 0 radical (unpaired) electrons. The molecule has 0 aliphatic rings. The molecule has 0 bridgehead atoms. The lowest BCUT2D eigenvalue weighted by molar-refractivity contribution is 0.0592. The van der Waals surface area contributed by atoms with E-state index in [1.54, 1.807) is 22.9 Å². The van der Waals surface area contributed by atoms with Gasteiger partial charge in [-0.05, 0) is 40.0 Å². The number of nitrogens with zero attached hydrogens (tertiary/aromatic N) is 2. The SMILES string of the molecule is COC(=O)c1nn(-c2ccc(Cl)c(Cl)c2)c(C(C)C)c1Br. The summed E-state index contributed by atoms with van der Waals surface area (Å²) >= 11 is 15.4. The second-order valence-corrected chi connectivity index (χ2v) is 6.31. The standard InChI is InChI=1S/C14H13BrCl2N2O2/c1-7(2)13-11(15)12(14(20)21-3)18-19(13)8-4-5-9(16)10(17)6-8/h4-7H,1-3H3. The van der Waals surface area contributed by atoms with Crippen molar-refractivity contribution in [1.82, 2.24) is 9.78 Å². The highest BCUT2D eigenvalue weighted by Crippen LogP contribution is 2.32. The van der Waals surface area contributed by atoms with Crippen LogP contribution < -0.4 is 0 Å². The Balaban J connectivity index is 2.67. The van der Waals surface area contributed by atoms with Crippen LogP contribution >= 0.6 is 39.1 Å². The Morgan fingerprint density at radius 1 is 1.33 bits per heavy atom. The first-order chi connectivity index (χ1) is 9.86. The third-order valence-electron chi connectivity index (χ3n) is 2.93. The van der Waals surface area contributed by atoms with Crippen LogP contribution in [-0.4, -0.2) is 22.9 Å². The summed E-state index contributed by atoms with van der Waals surface area (Å²) in [6.45, 7) is 4.02. The van der Waals surface area contributed by atoms with Crippen LogP contribution in [0.5, 0.6) is 0 Å². The van der Waals surface area contributed by atoms with E-state index >= 15 is 0 Å². The average molecular weight is 392 g/mol. The van der Waals surface area contributed by atoms with Crippen LogP contribution in [0.15, 0.2) is 22.7 Å². The lowest BCUT2D eigenvalue weighted by atomic mass is 10.1. The maximum Gasteiger partial charge on any atom is 0.359 e. The Hall–Kier alpha value is -1.04. The third kappa shape index (κ3) is 3.10. The van der Waals surface area contributed by atoms with Crippen LogP contribution in [0.3, 0.4) is 0 Å². The fraction of sp³-hybridized carbons (Fsp3) is 0.286. The monoisotopic (exact) mass is 390 g/mol. The predicted octanol–water partition coefficient (Wildman–Crippen LogP) is 4.85. The minimum absolute atomic E-state index is 0.139. The van der Waals surface area contributed by atoms with Gasteiger partial charge in [0.05, 0.1) is 33.0 Å². The van der Waals surface area contributed by atoms with Crippen molar-refractivity contribution in [1.29, 1.82) is 0 Å². The van der Waals surface area contributed by atoms with E-state index in [2.05, 4.69) is 21.0 Å². The van der Waals surface area contributed by atoms with E-state index in [9.17, 15) is 4.79 Å². The summed E-state index contributed by atoms with van der Waals surface area (Å²) in [5.41, 5.74) is 1.81. The van der Waals surface area contributed by atoms with Gasteiger partial charge >= 0.3 is 5.97 Å². The van der Waals surface area contributed by atoms with Gasteiger partial charge in [0.1, 0.15) is 0 Å². The van der Waals surface area contributed by atoms with Gasteiger partial charge in [-0.3, -0.25) is 0 Å². The Bertz CT molecular complexity index is 699. The molecule has 0 spiro atoms. The smallest absolute Gasteiger partial charge is 0.359 e. The number of rotatable bonds is 3. The van der Waals surface area contributed by atoms with Crippen LogP contribution in [0.1, 0.15) is 35.9 Å². The molecule has 0 unspecified atom stereocenters. The van der Waals surface area contributed by atoms with E-state index in [4.69, 9.17) is 27.9 Å². The average Bonchev–Trinajstić information content (AvgIpc) is 2.78. The van der Waals surface area contributed by atoms with Crippen molar-refractivity contribution in [2.24, 2.45) is 0 Å². The molecule has 0 atom stereocenters. The molecule has 0 amide bonds. The number of carbonyl (C=O) groups excluding carboxylic acids is 1. The topological polar surface area (TPSA) is 44.1 Å². The fourth-order valence-electron chi connectivity index (χ4n) is 1.95. The summed E-state index contributed by atoms with van der Waals surface area (Å²) in [4.78, 5) is 11.8. The summed E-state index contributed by atoms with van der Waals surface area (Å²) in [7, 11) is 1.32. The van der Waals surface area contributed by atoms with Gasteiger partial charge in [0.15, 0.2) is 5.69 Å². The van der Waals surface area contributed by atoms with Gasteiger partial charge in [-0.1, -0.05) is 37.0 Å². The van der Waals surface area contributed by atoms with Crippen molar-refractivity contribution in [3.8, 4) is 5.69 Å². The third-order valence-corrected chi connectivity index (χ3v) is 4.46. The zero-order valence-electron chi connectivity index (χ0n) is 11.7. The minimum atomic E-state index is -0.498. The summed E-state index contributed by atoms with van der Waals surface area (Å²) < 4.78 is 7.04. The number of methoxy groups -OCH3 is 1. The number of halogens is 3. The lowest BCUT2D eigenvalue weighted by Gasteiger charge is -2.11. The molecule has 0 aliphatic heterocycles. The van der Waals surface area contributed by atoms with Gasteiger partial charge in [0.2, 0.25) is 0 Å². The number of esters is 1. The second kappa shape index (κ2) is 6.38. The van der Waals surface area contributed by atoms with E-state index in [1.165, 1.54) is 7.11 Å². The normalized spacial score (nSPS) is 11.0. The van der Waals surface area contributed by atoms with Crippen LogP contribution in [-0.2, 0) is 4.74 Å². The summed E-state index contributed by atoms with van der Waals surface area (Å²) in [5, 5.41) is 5.23. The quantitative estimate of drug-likeness (QED) is 0.702. The van der Waals surface area contributed by atoms with Gasteiger partial charge in [-0.15, -0.1) is 0 Å². The van der Waals surface area contributed by atoms with Crippen LogP contribution in [0.4, 0.5) is 0 Å². The summed E-state index contributed by atoms with van der Waals surface area (Å²) in [5.74, 6) is -0.359. The highest BCUT2D eigenvalue weighted by Gasteiger charge is 2.24. The first kappa shape index (κ1) is 16.3. The van der Waals surface area contributed by atoms with Crippen molar-refractivity contribution in [2.75, 3.05) is 7.11 Å². The number of hydrogen-bond acceptors (Lipinski definition) is 3. The first-order valence-electron chi connectivity index (χ1n) is 6.19.